The Labute approximate surface area is 145 Å². The number of carbonyl (C=O) groups excluding carboxylic acids is 2. The van der Waals surface area contributed by atoms with Crippen molar-refractivity contribution in [3.63, 3.8) is 0 Å². The van der Waals surface area contributed by atoms with Gasteiger partial charge in [0, 0.05) is 0 Å². The van der Waals surface area contributed by atoms with Crippen LogP contribution in [-0.2, 0) is 11.2 Å². The molecule has 5 nitrogen and oxygen atoms in total. The minimum atomic E-state index is -0.769. The smallest absolute Gasteiger partial charge is 0.337 e. The molecule has 0 fully saturated rings. The van der Waals surface area contributed by atoms with Crippen LogP contribution in [0.2, 0.25) is 0 Å². The van der Waals surface area contributed by atoms with Gasteiger partial charge in [0.2, 0.25) is 0 Å². The van der Waals surface area contributed by atoms with Gasteiger partial charge in [-0.2, -0.15) is 0 Å². The molecule has 0 aliphatic carbocycles. The molecular formula is C19H20FNO4. The number of phenolic OH excluding ortho intramolecular Hbond substituents is 1. The average Bonchev–Trinajstić information content (AvgIpc) is 2.57. The monoisotopic (exact) mass is 345 g/mol. The summed E-state index contributed by atoms with van der Waals surface area (Å²) >= 11 is 0. The normalized spacial score (nSPS) is 10.6. The predicted molar refractivity (Wildman–Crippen MR) is 92.3 cm³/mol. The van der Waals surface area contributed by atoms with Crippen LogP contribution in [0.1, 0.15) is 40.1 Å². The Balaban J connectivity index is 2.23. The van der Waals surface area contributed by atoms with Crippen LogP contribution in [0.25, 0.3) is 0 Å². The number of hydrogen-bond donors (Lipinski definition) is 2. The van der Waals surface area contributed by atoms with E-state index in [1.807, 2.05) is 13.8 Å². The first-order chi connectivity index (χ1) is 11.8. The molecule has 0 heterocycles. The van der Waals surface area contributed by atoms with Crippen LogP contribution in [0.3, 0.4) is 0 Å². The molecule has 2 aromatic carbocycles. The summed E-state index contributed by atoms with van der Waals surface area (Å²) in [6, 6.07) is 8.39. The van der Waals surface area contributed by atoms with Crippen molar-refractivity contribution in [2.24, 2.45) is 5.92 Å². The Morgan fingerprint density at radius 2 is 1.92 bits per heavy atom. The predicted octanol–water partition coefficient (Wildman–Crippen LogP) is 3.77. The van der Waals surface area contributed by atoms with Gasteiger partial charge in [0.25, 0.3) is 5.91 Å². The topological polar surface area (TPSA) is 75.6 Å². The maximum Gasteiger partial charge on any atom is 0.337 e. The summed E-state index contributed by atoms with van der Waals surface area (Å²) in [6.45, 7) is 4.09. The fraction of sp³-hybridized carbons (Fsp3) is 0.263. The van der Waals surface area contributed by atoms with Gasteiger partial charge in [0.1, 0.15) is 11.6 Å². The number of amides is 1. The zero-order valence-electron chi connectivity index (χ0n) is 14.3. The van der Waals surface area contributed by atoms with E-state index >= 15 is 0 Å². The maximum atomic E-state index is 14.1. The molecule has 0 spiro atoms. The lowest BCUT2D eigenvalue weighted by atomic mass is 10.00. The molecule has 132 valence electrons. The first kappa shape index (κ1) is 18.4. The number of nitrogens with one attached hydrogen (secondary N) is 1. The van der Waals surface area contributed by atoms with Gasteiger partial charge in [-0.05, 0) is 48.2 Å². The fourth-order valence-electron chi connectivity index (χ4n) is 2.41. The number of rotatable bonds is 5. The molecule has 0 saturated carbocycles. The summed E-state index contributed by atoms with van der Waals surface area (Å²) < 4.78 is 18.6. The van der Waals surface area contributed by atoms with E-state index in [2.05, 4.69) is 10.1 Å². The number of carbonyl (C=O) groups is 2. The maximum absolute atomic E-state index is 14.1. The van der Waals surface area contributed by atoms with Crippen LogP contribution in [-0.4, -0.2) is 24.1 Å². The molecule has 0 aliphatic rings. The van der Waals surface area contributed by atoms with Crippen LogP contribution in [0.5, 0.6) is 5.75 Å². The first-order valence-corrected chi connectivity index (χ1v) is 7.83. The number of aromatic hydroxyl groups is 1. The molecule has 25 heavy (non-hydrogen) atoms. The van der Waals surface area contributed by atoms with Crippen LogP contribution in [0, 0.1) is 11.7 Å². The summed E-state index contributed by atoms with van der Waals surface area (Å²) in [5.41, 5.74) is 0.917. The molecule has 6 heteroatoms. The third kappa shape index (κ3) is 4.56. The quantitative estimate of drug-likeness (QED) is 0.809. The third-order valence-corrected chi connectivity index (χ3v) is 3.59. The summed E-state index contributed by atoms with van der Waals surface area (Å²) in [5.74, 6) is -1.86. The number of ether oxygens (including phenoxy) is 1. The molecule has 2 rings (SSSR count). The van der Waals surface area contributed by atoms with Crippen molar-refractivity contribution >= 4 is 17.6 Å². The lowest BCUT2D eigenvalue weighted by Gasteiger charge is -2.11. The minimum Gasteiger partial charge on any atom is -0.507 e. The molecule has 1 amide bonds. The van der Waals surface area contributed by atoms with Crippen LogP contribution in [0.4, 0.5) is 10.1 Å². The SMILES string of the molecule is COC(=O)c1ccc(NC(=O)c2cc(CC(C)C)ccc2O)c(F)c1. The number of benzene rings is 2. The molecule has 0 unspecified atom stereocenters. The molecule has 0 radical (unpaired) electrons. The molecule has 2 N–H and O–H groups in total. The van der Waals surface area contributed by atoms with E-state index in [-0.39, 0.29) is 22.6 Å². The summed E-state index contributed by atoms with van der Waals surface area (Å²) in [6.07, 6.45) is 0.753. The van der Waals surface area contributed by atoms with Crippen molar-refractivity contribution < 1.29 is 23.8 Å². The first-order valence-electron chi connectivity index (χ1n) is 7.83. The molecule has 0 aromatic heterocycles. The second-order valence-electron chi connectivity index (χ2n) is 6.09. The van der Waals surface area contributed by atoms with Gasteiger partial charge in [0.05, 0.1) is 23.9 Å². The Hall–Kier alpha value is -2.89. The van der Waals surface area contributed by atoms with Crippen LogP contribution >= 0.6 is 0 Å². The van der Waals surface area contributed by atoms with Crippen molar-refractivity contribution in [1.82, 2.24) is 0 Å². The highest BCUT2D eigenvalue weighted by Gasteiger charge is 2.16. The fourth-order valence-corrected chi connectivity index (χ4v) is 2.41. The number of methoxy groups -OCH3 is 1. The largest absolute Gasteiger partial charge is 0.507 e. The van der Waals surface area contributed by atoms with E-state index in [1.54, 1.807) is 12.1 Å². The van der Waals surface area contributed by atoms with Crippen molar-refractivity contribution in [3.8, 4) is 5.75 Å². The van der Waals surface area contributed by atoms with Gasteiger partial charge in [0.15, 0.2) is 0 Å². The van der Waals surface area contributed by atoms with Crippen LogP contribution in [0.15, 0.2) is 36.4 Å². The van der Waals surface area contributed by atoms with Gasteiger partial charge in [-0.15, -0.1) is 0 Å². The Morgan fingerprint density at radius 3 is 2.52 bits per heavy atom. The number of esters is 1. The molecule has 0 saturated heterocycles. The Kier molecular flexibility index (Phi) is 5.75. The number of halogens is 1. The van der Waals surface area contributed by atoms with Gasteiger partial charge in [-0.1, -0.05) is 19.9 Å². The summed E-state index contributed by atoms with van der Waals surface area (Å²) in [7, 11) is 1.20. The lowest BCUT2D eigenvalue weighted by Crippen LogP contribution is -2.14. The number of hydrogen-bond acceptors (Lipinski definition) is 4. The van der Waals surface area contributed by atoms with Gasteiger partial charge in [-0.25, -0.2) is 9.18 Å². The van der Waals surface area contributed by atoms with E-state index in [4.69, 9.17) is 0 Å². The Bertz CT molecular complexity index is 802. The van der Waals surface area contributed by atoms with Crippen molar-refractivity contribution in [1.29, 1.82) is 0 Å². The van der Waals surface area contributed by atoms with Crippen molar-refractivity contribution in [2.75, 3.05) is 12.4 Å². The molecule has 2 aromatic rings. The van der Waals surface area contributed by atoms with E-state index in [0.29, 0.717) is 5.92 Å². The van der Waals surface area contributed by atoms with Crippen molar-refractivity contribution in [3.05, 3.63) is 58.9 Å². The van der Waals surface area contributed by atoms with Crippen molar-refractivity contribution in [2.45, 2.75) is 20.3 Å². The number of anilines is 1. The van der Waals surface area contributed by atoms with E-state index in [9.17, 15) is 19.1 Å². The lowest BCUT2D eigenvalue weighted by molar-refractivity contribution is 0.0600. The molecule has 0 bridgehead atoms. The number of phenols is 1. The van der Waals surface area contributed by atoms with E-state index in [0.717, 1.165) is 18.1 Å². The highest BCUT2D eigenvalue weighted by atomic mass is 19.1. The second kappa shape index (κ2) is 7.79. The molecular weight excluding hydrogens is 325 g/mol. The zero-order valence-corrected chi connectivity index (χ0v) is 14.3. The standard InChI is InChI=1S/C19H20FNO4/c1-11(2)8-12-4-7-17(22)14(9-12)18(23)21-16-6-5-13(10-15(16)20)19(24)25-3/h4-7,9-11,22H,8H2,1-3H3,(H,21,23). The zero-order chi connectivity index (χ0) is 18.6. The van der Waals surface area contributed by atoms with Gasteiger partial charge in [-0.3, -0.25) is 4.79 Å². The summed E-state index contributed by atoms with van der Waals surface area (Å²) in [4.78, 5) is 23.8. The Morgan fingerprint density at radius 1 is 1.20 bits per heavy atom. The summed E-state index contributed by atoms with van der Waals surface area (Å²) in [5, 5.41) is 12.3. The van der Waals surface area contributed by atoms with Gasteiger partial charge < -0.3 is 15.2 Å². The van der Waals surface area contributed by atoms with Gasteiger partial charge >= 0.3 is 5.97 Å². The van der Waals surface area contributed by atoms with E-state index < -0.39 is 17.7 Å². The van der Waals surface area contributed by atoms with E-state index in [1.165, 1.54) is 25.3 Å². The third-order valence-electron chi connectivity index (χ3n) is 3.59. The average molecular weight is 345 g/mol. The second-order valence-corrected chi connectivity index (χ2v) is 6.09. The van der Waals surface area contributed by atoms with Crippen LogP contribution < -0.4 is 5.32 Å². The minimum absolute atomic E-state index is 0.0415. The highest BCUT2D eigenvalue weighted by molar-refractivity contribution is 6.06. The molecule has 0 atom stereocenters. The molecule has 0 aliphatic heterocycles. The highest BCUT2D eigenvalue weighted by Crippen LogP contribution is 2.23.